The minimum Gasteiger partial charge on any atom is -0.321 e. The first kappa shape index (κ1) is 16.6. The number of hydrogen-bond acceptors (Lipinski definition) is 5. The highest BCUT2D eigenvalue weighted by atomic mass is 79.9. The summed E-state index contributed by atoms with van der Waals surface area (Å²) in [4.78, 5) is 20.8. The van der Waals surface area contributed by atoms with Crippen LogP contribution in [0.3, 0.4) is 0 Å². The molecule has 2 aromatic carbocycles. The molecule has 2 heterocycles. The van der Waals surface area contributed by atoms with Gasteiger partial charge in [0.1, 0.15) is 17.7 Å². The van der Waals surface area contributed by atoms with Gasteiger partial charge in [-0.15, -0.1) is 11.3 Å². The average molecular weight is 426 g/mol. The van der Waals surface area contributed by atoms with E-state index in [1.807, 2.05) is 42.5 Å². The van der Waals surface area contributed by atoms with E-state index in [1.54, 1.807) is 28.4 Å². The second-order valence-corrected chi connectivity index (χ2v) is 7.32. The van der Waals surface area contributed by atoms with Crippen LogP contribution in [0.5, 0.6) is 0 Å². The summed E-state index contributed by atoms with van der Waals surface area (Å²) in [5.41, 5.74) is 2.29. The SMILES string of the molecule is O=C(/C=C/c1nc2ccccc2s1)Nc1cc(Br)ccc1-n1cncn1. The molecule has 0 saturated carbocycles. The van der Waals surface area contributed by atoms with Gasteiger partial charge in [-0.1, -0.05) is 28.1 Å². The molecule has 0 spiro atoms. The van der Waals surface area contributed by atoms with E-state index in [0.717, 1.165) is 25.4 Å². The number of aromatic nitrogens is 4. The van der Waals surface area contributed by atoms with E-state index in [1.165, 1.54) is 12.4 Å². The molecule has 8 heteroatoms. The highest BCUT2D eigenvalue weighted by Gasteiger charge is 2.09. The molecule has 2 aromatic heterocycles. The van der Waals surface area contributed by atoms with Crippen molar-refractivity contribution in [3.05, 3.63) is 70.7 Å². The number of hydrogen-bond donors (Lipinski definition) is 1. The molecule has 0 fully saturated rings. The van der Waals surface area contributed by atoms with Crippen LogP contribution in [0.15, 0.2) is 65.7 Å². The highest BCUT2D eigenvalue weighted by molar-refractivity contribution is 9.10. The van der Waals surface area contributed by atoms with Crippen LogP contribution >= 0.6 is 27.3 Å². The molecule has 1 amide bonds. The van der Waals surface area contributed by atoms with E-state index >= 15 is 0 Å². The van der Waals surface area contributed by atoms with Crippen molar-refractivity contribution in [2.75, 3.05) is 5.32 Å². The third kappa shape index (κ3) is 3.56. The van der Waals surface area contributed by atoms with Crippen molar-refractivity contribution in [1.29, 1.82) is 0 Å². The summed E-state index contributed by atoms with van der Waals surface area (Å²) in [6.45, 7) is 0. The number of halogens is 1. The number of para-hydroxylation sites is 1. The first-order valence-corrected chi connectivity index (χ1v) is 9.29. The number of amides is 1. The van der Waals surface area contributed by atoms with Gasteiger partial charge in [-0.3, -0.25) is 4.79 Å². The van der Waals surface area contributed by atoms with E-state index in [4.69, 9.17) is 0 Å². The number of carbonyl (C=O) groups is 1. The minimum absolute atomic E-state index is 0.247. The fourth-order valence-corrected chi connectivity index (χ4v) is 3.65. The maximum absolute atomic E-state index is 12.4. The average Bonchev–Trinajstić information content (AvgIpc) is 3.29. The Hall–Kier alpha value is -2.84. The van der Waals surface area contributed by atoms with Crippen molar-refractivity contribution >= 4 is 55.2 Å². The molecule has 4 rings (SSSR count). The minimum atomic E-state index is -0.247. The van der Waals surface area contributed by atoms with Crippen molar-refractivity contribution in [2.45, 2.75) is 0 Å². The third-order valence-electron chi connectivity index (χ3n) is 3.57. The zero-order valence-electron chi connectivity index (χ0n) is 13.3. The third-order valence-corrected chi connectivity index (χ3v) is 5.06. The molecule has 0 bridgehead atoms. The fourth-order valence-electron chi connectivity index (χ4n) is 2.42. The van der Waals surface area contributed by atoms with Gasteiger partial charge in [0.15, 0.2) is 0 Å². The number of carbonyl (C=O) groups excluding carboxylic acids is 1. The summed E-state index contributed by atoms with van der Waals surface area (Å²) >= 11 is 4.96. The second-order valence-electron chi connectivity index (χ2n) is 5.34. The Kier molecular flexibility index (Phi) is 4.59. The molecule has 26 heavy (non-hydrogen) atoms. The molecule has 4 aromatic rings. The monoisotopic (exact) mass is 425 g/mol. The van der Waals surface area contributed by atoms with E-state index in [0.29, 0.717) is 5.69 Å². The number of benzene rings is 2. The van der Waals surface area contributed by atoms with Gasteiger partial charge in [0, 0.05) is 10.5 Å². The molecule has 0 aliphatic carbocycles. The predicted molar refractivity (Wildman–Crippen MR) is 106 cm³/mol. The smallest absolute Gasteiger partial charge is 0.248 e. The molecular weight excluding hydrogens is 414 g/mol. The lowest BCUT2D eigenvalue weighted by Gasteiger charge is -2.10. The highest BCUT2D eigenvalue weighted by Crippen LogP contribution is 2.25. The van der Waals surface area contributed by atoms with Gasteiger partial charge in [-0.2, -0.15) is 5.10 Å². The van der Waals surface area contributed by atoms with Crippen molar-refractivity contribution in [3.8, 4) is 5.69 Å². The molecule has 0 saturated heterocycles. The lowest BCUT2D eigenvalue weighted by Crippen LogP contribution is -2.11. The number of anilines is 1. The van der Waals surface area contributed by atoms with Gasteiger partial charge in [-0.25, -0.2) is 14.6 Å². The second kappa shape index (κ2) is 7.19. The van der Waals surface area contributed by atoms with Gasteiger partial charge >= 0.3 is 0 Å². The Morgan fingerprint density at radius 1 is 1.23 bits per heavy atom. The topological polar surface area (TPSA) is 72.7 Å². The van der Waals surface area contributed by atoms with Crippen LogP contribution in [0.1, 0.15) is 5.01 Å². The van der Waals surface area contributed by atoms with Crippen LogP contribution in [-0.2, 0) is 4.79 Å². The quantitative estimate of drug-likeness (QED) is 0.494. The maximum atomic E-state index is 12.4. The van der Waals surface area contributed by atoms with Crippen LogP contribution in [0.25, 0.3) is 22.0 Å². The molecule has 0 aliphatic heterocycles. The lowest BCUT2D eigenvalue weighted by molar-refractivity contribution is -0.111. The van der Waals surface area contributed by atoms with Gasteiger partial charge in [0.25, 0.3) is 0 Å². The van der Waals surface area contributed by atoms with E-state index < -0.39 is 0 Å². The largest absolute Gasteiger partial charge is 0.321 e. The summed E-state index contributed by atoms with van der Waals surface area (Å²) in [6, 6.07) is 13.4. The number of nitrogens with one attached hydrogen (secondary N) is 1. The van der Waals surface area contributed by atoms with Crippen LogP contribution in [0, 0.1) is 0 Å². The van der Waals surface area contributed by atoms with Crippen LogP contribution in [0.4, 0.5) is 5.69 Å². The van der Waals surface area contributed by atoms with E-state index in [2.05, 4.69) is 36.3 Å². The van der Waals surface area contributed by atoms with Crippen molar-refractivity contribution in [3.63, 3.8) is 0 Å². The number of nitrogens with zero attached hydrogens (tertiary/aromatic N) is 4. The van der Waals surface area contributed by atoms with E-state index in [-0.39, 0.29) is 5.91 Å². The van der Waals surface area contributed by atoms with Crippen LogP contribution < -0.4 is 5.32 Å². The molecule has 0 radical (unpaired) electrons. The number of thiazole rings is 1. The maximum Gasteiger partial charge on any atom is 0.248 e. The Morgan fingerprint density at radius 2 is 2.12 bits per heavy atom. The Bertz CT molecular complexity index is 1070. The number of rotatable bonds is 4. The Labute approximate surface area is 161 Å². The van der Waals surface area contributed by atoms with Crippen molar-refractivity contribution < 1.29 is 4.79 Å². The van der Waals surface area contributed by atoms with Crippen LogP contribution in [0.2, 0.25) is 0 Å². The molecule has 0 unspecified atom stereocenters. The molecule has 0 aliphatic rings. The summed E-state index contributed by atoms with van der Waals surface area (Å²) in [5.74, 6) is -0.247. The van der Waals surface area contributed by atoms with E-state index in [9.17, 15) is 4.79 Å². The standard InChI is InChI=1S/C18H12BrN5OS/c19-12-5-6-15(24-11-20-10-21-24)14(9-12)22-17(25)7-8-18-23-13-3-1-2-4-16(13)26-18/h1-11H,(H,22,25)/b8-7+. The summed E-state index contributed by atoms with van der Waals surface area (Å²) < 4.78 is 3.54. The predicted octanol–water partition coefficient (Wildman–Crippen LogP) is 4.29. The van der Waals surface area contributed by atoms with Crippen molar-refractivity contribution in [1.82, 2.24) is 19.7 Å². The summed E-state index contributed by atoms with van der Waals surface area (Å²) in [5, 5.41) is 7.78. The first-order valence-electron chi connectivity index (χ1n) is 7.68. The Morgan fingerprint density at radius 3 is 2.92 bits per heavy atom. The molecule has 1 N–H and O–H groups in total. The van der Waals surface area contributed by atoms with Gasteiger partial charge in [0.05, 0.1) is 21.6 Å². The lowest BCUT2D eigenvalue weighted by atomic mass is 10.2. The number of fused-ring (bicyclic) bond motifs is 1. The normalized spacial score (nSPS) is 11.3. The molecule has 128 valence electrons. The van der Waals surface area contributed by atoms with Gasteiger partial charge in [0.2, 0.25) is 5.91 Å². The van der Waals surface area contributed by atoms with Crippen molar-refractivity contribution in [2.24, 2.45) is 0 Å². The van der Waals surface area contributed by atoms with Crippen LogP contribution in [-0.4, -0.2) is 25.7 Å². The molecular formula is C18H12BrN5OS. The summed E-state index contributed by atoms with van der Waals surface area (Å²) in [7, 11) is 0. The van der Waals surface area contributed by atoms with Gasteiger partial charge in [-0.05, 0) is 36.4 Å². The first-order chi connectivity index (χ1) is 12.7. The molecule has 6 nitrogen and oxygen atoms in total. The fraction of sp³-hybridized carbons (Fsp3) is 0. The zero-order chi connectivity index (χ0) is 17.9. The zero-order valence-corrected chi connectivity index (χ0v) is 15.7. The molecule has 0 atom stereocenters. The Balaban J connectivity index is 1.55. The summed E-state index contributed by atoms with van der Waals surface area (Å²) in [6.07, 6.45) is 6.22. The van der Waals surface area contributed by atoms with Gasteiger partial charge < -0.3 is 5.32 Å².